The van der Waals surface area contributed by atoms with E-state index in [9.17, 15) is 4.79 Å². The van der Waals surface area contributed by atoms with Crippen LogP contribution in [0.4, 0.5) is 0 Å². The monoisotopic (exact) mass is 185 g/mol. The Morgan fingerprint density at radius 2 is 1.85 bits per heavy atom. The van der Waals surface area contributed by atoms with Crippen LogP contribution in [-0.2, 0) is 4.79 Å². The van der Waals surface area contributed by atoms with Crippen molar-refractivity contribution in [2.75, 3.05) is 0 Å². The molecule has 2 N–H and O–H groups in total. The zero-order valence-electron chi connectivity index (χ0n) is 9.55. The summed E-state index contributed by atoms with van der Waals surface area (Å²) in [5.74, 6) is 0.217. The van der Waals surface area contributed by atoms with Crippen LogP contribution in [0.1, 0.15) is 47.5 Å². The highest BCUT2D eigenvalue weighted by Crippen LogP contribution is 2.31. The van der Waals surface area contributed by atoms with Gasteiger partial charge in [0.1, 0.15) is 0 Å². The predicted molar refractivity (Wildman–Crippen MR) is 56.2 cm³/mol. The maximum Gasteiger partial charge on any atom is 0.220 e. The van der Waals surface area contributed by atoms with Crippen LogP contribution in [0.5, 0.6) is 0 Å². The van der Waals surface area contributed by atoms with Crippen LogP contribution in [0.3, 0.4) is 0 Å². The first kappa shape index (κ1) is 12.5. The van der Waals surface area contributed by atoms with Gasteiger partial charge in [0.15, 0.2) is 0 Å². The van der Waals surface area contributed by atoms with Crippen molar-refractivity contribution in [3.8, 4) is 0 Å². The average molecular weight is 185 g/mol. The SMILES string of the molecule is CCC(C)(C)CC(C(N)=O)C(C)C. The minimum absolute atomic E-state index is 0.0231. The van der Waals surface area contributed by atoms with E-state index in [2.05, 4.69) is 34.6 Å². The Morgan fingerprint density at radius 3 is 2.08 bits per heavy atom. The molecule has 0 aromatic rings. The summed E-state index contributed by atoms with van der Waals surface area (Å²) in [4.78, 5) is 11.2. The lowest BCUT2D eigenvalue weighted by atomic mass is 9.76. The predicted octanol–water partition coefficient (Wildman–Crippen LogP) is 2.57. The summed E-state index contributed by atoms with van der Waals surface area (Å²) in [6, 6.07) is 0. The van der Waals surface area contributed by atoms with Crippen LogP contribution in [0, 0.1) is 17.3 Å². The molecule has 0 saturated heterocycles. The minimum atomic E-state index is -0.156. The second-order valence-corrected chi connectivity index (χ2v) is 4.97. The van der Waals surface area contributed by atoms with Gasteiger partial charge in [-0.3, -0.25) is 4.79 Å². The molecular weight excluding hydrogens is 162 g/mol. The van der Waals surface area contributed by atoms with Gasteiger partial charge in [0.05, 0.1) is 0 Å². The standard InChI is InChI=1S/C11H23NO/c1-6-11(4,5)7-9(8(2)3)10(12)13/h8-9H,6-7H2,1-5H3,(H2,12,13). The number of nitrogens with two attached hydrogens (primary N) is 1. The number of carbonyl (C=O) groups is 1. The van der Waals surface area contributed by atoms with Gasteiger partial charge in [0.2, 0.25) is 5.91 Å². The zero-order valence-corrected chi connectivity index (χ0v) is 9.55. The van der Waals surface area contributed by atoms with Gasteiger partial charge < -0.3 is 5.73 Å². The highest BCUT2D eigenvalue weighted by Gasteiger charge is 2.27. The molecule has 2 nitrogen and oxygen atoms in total. The fourth-order valence-corrected chi connectivity index (χ4v) is 1.40. The number of primary amides is 1. The summed E-state index contributed by atoms with van der Waals surface area (Å²) < 4.78 is 0. The van der Waals surface area contributed by atoms with E-state index in [0.717, 1.165) is 12.8 Å². The average Bonchev–Trinajstić information content (AvgIpc) is 1.99. The Hall–Kier alpha value is -0.530. The molecular formula is C11H23NO. The highest BCUT2D eigenvalue weighted by molar-refractivity contribution is 5.76. The van der Waals surface area contributed by atoms with Crippen molar-refractivity contribution in [2.45, 2.75) is 47.5 Å². The van der Waals surface area contributed by atoms with Crippen molar-refractivity contribution < 1.29 is 4.79 Å². The van der Waals surface area contributed by atoms with Gasteiger partial charge in [0, 0.05) is 5.92 Å². The number of hydrogen-bond acceptors (Lipinski definition) is 1. The number of amides is 1. The Morgan fingerprint density at radius 1 is 1.38 bits per heavy atom. The molecule has 78 valence electrons. The molecule has 0 fully saturated rings. The topological polar surface area (TPSA) is 43.1 Å². The molecule has 0 aliphatic carbocycles. The number of rotatable bonds is 5. The van der Waals surface area contributed by atoms with Crippen molar-refractivity contribution in [1.29, 1.82) is 0 Å². The molecule has 0 saturated carbocycles. The molecule has 13 heavy (non-hydrogen) atoms. The molecule has 0 aromatic carbocycles. The fraction of sp³-hybridized carbons (Fsp3) is 0.909. The van der Waals surface area contributed by atoms with E-state index in [4.69, 9.17) is 5.73 Å². The minimum Gasteiger partial charge on any atom is -0.369 e. The normalized spacial score (nSPS) is 14.6. The summed E-state index contributed by atoms with van der Waals surface area (Å²) in [7, 11) is 0. The maximum absolute atomic E-state index is 11.2. The van der Waals surface area contributed by atoms with E-state index in [1.54, 1.807) is 0 Å². The molecule has 0 aromatic heterocycles. The second kappa shape index (κ2) is 4.64. The third kappa shape index (κ3) is 4.30. The van der Waals surface area contributed by atoms with Gasteiger partial charge >= 0.3 is 0 Å². The number of carbonyl (C=O) groups excluding carboxylic acids is 1. The van der Waals surface area contributed by atoms with Crippen LogP contribution in [-0.4, -0.2) is 5.91 Å². The first-order chi connectivity index (χ1) is 5.80. The van der Waals surface area contributed by atoms with Crippen LogP contribution in [0.25, 0.3) is 0 Å². The lowest BCUT2D eigenvalue weighted by molar-refractivity contribution is -0.124. The van der Waals surface area contributed by atoms with Crippen molar-refractivity contribution in [3.05, 3.63) is 0 Å². The molecule has 0 aliphatic rings. The molecule has 2 heteroatoms. The van der Waals surface area contributed by atoms with Crippen LogP contribution < -0.4 is 5.73 Å². The van der Waals surface area contributed by atoms with E-state index in [1.165, 1.54) is 0 Å². The first-order valence-corrected chi connectivity index (χ1v) is 5.09. The van der Waals surface area contributed by atoms with Gasteiger partial charge in [-0.1, -0.05) is 41.0 Å². The van der Waals surface area contributed by atoms with Gasteiger partial charge in [-0.25, -0.2) is 0 Å². The molecule has 0 bridgehead atoms. The van der Waals surface area contributed by atoms with Gasteiger partial charge in [-0.2, -0.15) is 0 Å². The molecule has 0 radical (unpaired) electrons. The Labute approximate surface area is 81.9 Å². The lowest BCUT2D eigenvalue weighted by Crippen LogP contribution is -2.31. The van der Waals surface area contributed by atoms with E-state index in [0.29, 0.717) is 5.92 Å². The Bertz CT molecular complexity index is 173. The first-order valence-electron chi connectivity index (χ1n) is 5.09. The summed E-state index contributed by atoms with van der Waals surface area (Å²) in [5, 5.41) is 0. The molecule has 0 rings (SSSR count). The third-order valence-electron chi connectivity index (χ3n) is 2.90. The van der Waals surface area contributed by atoms with Crippen LogP contribution in [0.15, 0.2) is 0 Å². The second-order valence-electron chi connectivity index (χ2n) is 4.97. The summed E-state index contributed by atoms with van der Waals surface area (Å²) in [6.07, 6.45) is 1.99. The van der Waals surface area contributed by atoms with Gasteiger partial charge in [0.25, 0.3) is 0 Å². The smallest absolute Gasteiger partial charge is 0.220 e. The van der Waals surface area contributed by atoms with Crippen molar-refractivity contribution >= 4 is 5.91 Å². The molecule has 1 amide bonds. The van der Waals surface area contributed by atoms with Crippen LogP contribution in [0.2, 0.25) is 0 Å². The quantitative estimate of drug-likeness (QED) is 0.703. The third-order valence-corrected chi connectivity index (χ3v) is 2.90. The van der Waals surface area contributed by atoms with Crippen molar-refractivity contribution in [3.63, 3.8) is 0 Å². The largest absolute Gasteiger partial charge is 0.369 e. The molecule has 0 spiro atoms. The summed E-state index contributed by atoms with van der Waals surface area (Å²) >= 11 is 0. The Kier molecular flexibility index (Phi) is 4.45. The fourth-order valence-electron chi connectivity index (χ4n) is 1.40. The Balaban J connectivity index is 4.35. The maximum atomic E-state index is 11.2. The van der Waals surface area contributed by atoms with Crippen molar-refractivity contribution in [2.24, 2.45) is 23.0 Å². The summed E-state index contributed by atoms with van der Waals surface area (Å²) in [5.41, 5.74) is 5.59. The lowest BCUT2D eigenvalue weighted by Gasteiger charge is -2.29. The van der Waals surface area contributed by atoms with E-state index in [-0.39, 0.29) is 17.2 Å². The van der Waals surface area contributed by atoms with E-state index < -0.39 is 0 Å². The van der Waals surface area contributed by atoms with Crippen molar-refractivity contribution in [1.82, 2.24) is 0 Å². The van der Waals surface area contributed by atoms with Gasteiger partial charge in [-0.05, 0) is 17.8 Å². The van der Waals surface area contributed by atoms with Gasteiger partial charge in [-0.15, -0.1) is 0 Å². The number of hydrogen-bond donors (Lipinski definition) is 1. The summed E-state index contributed by atoms with van der Waals surface area (Å²) in [6.45, 7) is 10.6. The van der Waals surface area contributed by atoms with E-state index >= 15 is 0 Å². The zero-order chi connectivity index (χ0) is 10.6. The molecule has 0 aliphatic heterocycles. The van der Waals surface area contributed by atoms with E-state index in [1.807, 2.05) is 0 Å². The van der Waals surface area contributed by atoms with Crippen LogP contribution >= 0.6 is 0 Å². The molecule has 1 unspecified atom stereocenters. The highest BCUT2D eigenvalue weighted by atomic mass is 16.1. The molecule has 0 heterocycles. The molecule has 1 atom stereocenters.